The van der Waals surface area contributed by atoms with Crippen molar-refractivity contribution < 1.29 is 14.6 Å². The van der Waals surface area contributed by atoms with Crippen LogP contribution in [0, 0.1) is 0 Å². The predicted molar refractivity (Wildman–Crippen MR) is 112 cm³/mol. The summed E-state index contributed by atoms with van der Waals surface area (Å²) in [5.41, 5.74) is -0.744. The molecular weight excluding hydrogens is 376 g/mol. The first kappa shape index (κ1) is 22.5. The number of aliphatic hydroxyl groups excluding tert-OH is 1. The first-order valence-corrected chi connectivity index (χ1v) is 9.67. The minimum Gasteiger partial charge on any atom is -0.494 e. The molecule has 1 atom stereocenters. The summed E-state index contributed by atoms with van der Waals surface area (Å²) in [6, 6.07) is 8.67. The van der Waals surface area contributed by atoms with Crippen LogP contribution in [0.2, 0.25) is 0 Å². The van der Waals surface area contributed by atoms with E-state index in [0.717, 1.165) is 16.7 Å². The fourth-order valence-electron chi connectivity index (χ4n) is 2.55. The maximum Gasteiger partial charge on any atom is 0.332 e. The molecule has 1 aromatic heterocycles. The van der Waals surface area contributed by atoms with E-state index >= 15 is 0 Å². The molecule has 1 aromatic carbocycles. The van der Waals surface area contributed by atoms with Crippen LogP contribution in [-0.4, -0.2) is 53.2 Å². The zero-order valence-electron chi connectivity index (χ0n) is 17.2. The monoisotopic (exact) mass is 406 g/mol. The summed E-state index contributed by atoms with van der Waals surface area (Å²) in [5, 5.41) is 16.2. The third-order valence-corrected chi connectivity index (χ3v) is 4.25. The van der Waals surface area contributed by atoms with Crippen molar-refractivity contribution in [2.45, 2.75) is 19.4 Å². The van der Waals surface area contributed by atoms with Crippen LogP contribution in [0.25, 0.3) is 0 Å². The lowest BCUT2D eigenvalue weighted by Crippen LogP contribution is -2.38. The van der Waals surface area contributed by atoms with E-state index in [2.05, 4.69) is 17.6 Å². The summed E-state index contributed by atoms with van der Waals surface area (Å²) in [6.45, 7) is 4.29. The van der Waals surface area contributed by atoms with Gasteiger partial charge in [0.1, 0.15) is 30.0 Å². The van der Waals surface area contributed by atoms with E-state index < -0.39 is 6.10 Å². The number of hydrogen-bond donors (Lipinski definition) is 3. The van der Waals surface area contributed by atoms with Crippen LogP contribution >= 0.6 is 0 Å². The Morgan fingerprint density at radius 1 is 1.03 bits per heavy atom. The molecule has 0 aliphatic carbocycles. The molecule has 0 bridgehead atoms. The first-order valence-electron chi connectivity index (χ1n) is 9.67. The summed E-state index contributed by atoms with van der Waals surface area (Å²) >= 11 is 0. The number of ether oxygens (including phenoxy) is 2. The third-order valence-electron chi connectivity index (χ3n) is 4.25. The minimum atomic E-state index is -0.667. The zero-order chi connectivity index (χ0) is 21.2. The molecule has 0 spiro atoms. The molecule has 0 saturated heterocycles. The lowest BCUT2D eigenvalue weighted by molar-refractivity contribution is 0.107. The maximum absolute atomic E-state index is 11.9. The molecule has 1 unspecified atom stereocenters. The standard InChI is InChI=1S/C20H30N4O5/c1-4-11-28-16-5-7-17(8-6-16)29-14-15(25)13-21-9-10-22-18-12-19(26)24(3)20(27)23(18)2/h5-8,12,15,21-22,25H,4,9-11,13-14H2,1-3H3. The Labute approximate surface area is 169 Å². The van der Waals surface area contributed by atoms with Gasteiger partial charge in [0.05, 0.1) is 6.61 Å². The number of anilines is 1. The number of nitrogens with zero attached hydrogens (tertiary/aromatic N) is 2. The Balaban J connectivity index is 1.65. The Bertz CT molecular complexity index is 876. The number of rotatable bonds is 12. The van der Waals surface area contributed by atoms with Crippen molar-refractivity contribution in [3.8, 4) is 11.5 Å². The minimum absolute atomic E-state index is 0.165. The normalized spacial score (nSPS) is 11.9. The highest BCUT2D eigenvalue weighted by atomic mass is 16.5. The van der Waals surface area contributed by atoms with Crippen molar-refractivity contribution in [3.63, 3.8) is 0 Å². The van der Waals surface area contributed by atoms with E-state index in [-0.39, 0.29) is 17.9 Å². The molecule has 0 fully saturated rings. The van der Waals surface area contributed by atoms with Crippen LogP contribution in [0.5, 0.6) is 11.5 Å². The van der Waals surface area contributed by atoms with Crippen molar-refractivity contribution >= 4 is 5.82 Å². The molecule has 1 heterocycles. The molecule has 0 aliphatic heterocycles. The Kier molecular flexibility index (Phi) is 8.75. The average molecular weight is 406 g/mol. The Morgan fingerprint density at radius 2 is 1.69 bits per heavy atom. The second kappa shape index (κ2) is 11.3. The third kappa shape index (κ3) is 6.95. The van der Waals surface area contributed by atoms with Gasteiger partial charge in [-0.3, -0.25) is 13.9 Å². The van der Waals surface area contributed by atoms with Crippen LogP contribution in [0.3, 0.4) is 0 Å². The van der Waals surface area contributed by atoms with E-state index in [1.165, 1.54) is 17.7 Å². The second-order valence-corrected chi connectivity index (χ2v) is 6.68. The lowest BCUT2D eigenvalue weighted by Gasteiger charge is -2.15. The van der Waals surface area contributed by atoms with Crippen molar-refractivity contribution in [3.05, 3.63) is 51.2 Å². The van der Waals surface area contributed by atoms with Gasteiger partial charge < -0.3 is 25.2 Å². The number of aromatic nitrogens is 2. The fraction of sp³-hybridized carbons (Fsp3) is 0.500. The van der Waals surface area contributed by atoms with Gasteiger partial charge in [-0.05, 0) is 30.7 Å². The van der Waals surface area contributed by atoms with Gasteiger partial charge in [-0.15, -0.1) is 0 Å². The molecule has 160 valence electrons. The Hall–Kier alpha value is -2.78. The number of aliphatic hydroxyl groups is 1. The molecular formula is C20H30N4O5. The largest absolute Gasteiger partial charge is 0.494 e. The molecule has 9 heteroatoms. The smallest absolute Gasteiger partial charge is 0.332 e. The van der Waals surface area contributed by atoms with Crippen molar-refractivity contribution in [1.82, 2.24) is 14.5 Å². The highest BCUT2D eigenvalue weighted by Gasteiger charge is 2.07. The molecule has 2 rings (SSSR count). The first-order chi connectivity index (χ1) is 13.9. The summed E-state index contributed by atoms with van der Waals surface area (Å²) in [5.74, 6) is 1.92. The van der Waals surface area contributed by atoms with Crippen LogP contribution in [0.1, 0.15) is 13.3 Å². The molecule has 0 aliphatic rings. The fourth-order valence-corrected chi connectivity index (χ4v) is 2.55. The van der Waals surface area contributed by atoms with Crippen molar-refractivity contribution in [1.29, 1.82) is 0 Å². The van der Waals surface area contributed by atoms with Crippen molar-refractivity contribution in [2.75, 3.05) is 38.2 Å². The van der Waals surface area contributed by atoms with E-state index in [1.807, 2.05) is 24.3 Å². The van der Waals surface area contributed by atoms with Gasteiger partial charge in [-0.1, -0.05) is 6.92 Å². The van der Waals surface area contributed by atoms with Crippen LogP contribution in [0.15, 0.2) is 39.9 Å². The van der Waals surface area contributed by atoms with Gasteiger partial charge >= 0.3 is 5.69 Å². The average Bonchev–Trinajstić information content (AvgIpc) is 2.73. The van der Waals surface area contributed by atoms with Crippen LogP contribution in [0.4, 0.5) is 5.82 Å². The van der Waals surface area contributed by atoms with E-state index in [0.29, 0.717) is 37.8 Å². The highest BCUT2D eigenvalue weighted by molar-refractivity contribution is 5.33. The summed E-state index contributed by atoms with van der Waals surface area (Å²) in [7, 11) is 3.04. The molecule has 0 radical (unpaired) electrons. The lowest BCUT2D eigenvalue weighted by atomic mass is 10.3. The number of nitrogens with one attached hydrogen (secondary N) is 2. The quantitative estimate of drug-likeness (QED) is 0.436. The summed E-state index contributed by atoms with van der Waals surface area (Å²) in [6.07, 6.45) is 0.286. The van der Waals surface area contributed by atoms with Gasteiger partial charge in [-0.2, -0.15) is 0 Å². The zero-order valence-corrected chi connectivity index (χ0v) is 17.2. The molecule has 29 heavy (non-hydrogen) atoms. The highest BCUT2D eigenvalue weighted by Crippen LogP contribution is 2.17. The molecule has 9 nitrogen and oxygen atoms in total. The molecule has 3 N–H and O–H groups in total. The topological polar surface area (TPSA) is 107 Å². The molecule has 0 amide bonds. The van der Waals surface area contributed by atoms with E-state index in [9.17, 15) is 14.7 Å². The summed E-state index contributed by atoms with van der Waals surface area (Å²) in [4.78, 5) is 23.5. The summed E-state index contributed by atoms with van der Waals surface area (Å²) < 4.78 is 13.5. The van der Waals surface area contributed by atoms with Gasteiger partial charge in [0.2, 0.25) is 0 Å². The van der Waals surface area contributed by atoms with Crippen LogP contribution in [-0.2, 0) is 14.1 Å². The maximum atomic E-state index is 11.9. The van der Waals surface area contributed by atoms with Crippen LogP contribution < -0.4 is 31.4 Å². The van der Waals surface area contributed by atoms with Gasteiger partial charge in [0.15, 0.2) is 0 Å². The number of hydrogen-bond acceptors (Lipinski definition) is 7. The SMILES string of the molecule is CCCOc1ccc(OCC(O)CNCCNc2cc(=O)n(C)c(=O)n2C)cc1. The number of benzene rings is 1. The van der Waals surface area contributed by atoms with E-state index in [4.69, 9.17) is 9.47 Å². The van der Waals surface area contributed by atoms with Gasteiger partial charge in [0.25, 0.3) is 5.56 Å². The van der Waals surface area contributed by atoms with Gasteiger partial charge in [-0.25, -0.2) is 4.79 Å². The molecule has 0 saturated carbocycles. The van der Waals surface area contributed by atoms with E-state index in [1.54, 1.807) is 7.05 Å². The predicted octanol–water partition coefficient (Wildman–Crippen LogP) is 0.314. The molecule has 2 aromatic rings. The second-order valence-electron chi connectivity index (χ2n) is 6.68. The Morgan fingerprint density at radius 3 is 2.34 bits per heavy atom. The van der Waals surface area contributed by atoms with Crippen molar-refractivity contribution in [2.24, 2.45) is 14.1 Å². The van der Waals surface area contributed by atoms with Gasteiger partial charge in [0, 0.05) is 39.8 Å².